The monoisotopic (exact) mass is 243 g/mol. The second-order valence-corrected chi connectivity index (χ2v) is 4.66. The molecule has 17 heavy (non-hydrogen) atoms. The fraction of sp³-hybridized carbons (Fsp3) is 0.818. The van der Waals surface area contributed by atoms with Gasteiger partial charge in [0.1, 0.15) is 6.10 Å². The molecular formula is C11H21N3O3. The molecule has 1 heterocycles. The van der Waals surface area contributed by atoms with Gasteiger partial charge in [0.15, 0.2) is 5.84 Å². The lowest BCUT2D eigenvalue weighted by atomic mass is 10.1. The number of hydrogen-bond donors (Lipinski definition) is 2. The average molecular weight is 243 g/mol. The van der Waals surface area contributed by atoms with E-state index in [1.807, 2.05) is 0 Å². The fourth-order valence-corrected chi connectivity index (χ4v) is 1.69. The molecule has 6 heteroatoms. The highest BCUT2D eigenvalue weighted by Gasteiger charge is 2.26. The van der Waals surface area contributed by atoms with E-state index in [9.17, 15) is 4.79 Å². The van der Waals surface area contributed by atoms with Crippen LogP contribution in [0.25, 0.3) is 0 Å². The highest BCUT2D eigenvalue weighted by molar-refractivity contribution is 5.85. The van der Waals surface area contributed by atoms with Crippen LogP contribution in [0, 0.1) is 5.92 Å². The van der Waals surface area contributed by atoms with Gasteiger partial charge in [-0.3, -0.25) is 4.79 Å². The topological polar surface area (TPSA) is 88.2 Å². The lowest BCUT2D eigenvalue weighted by Crippen LogP contribution is -2.50. The Bertz CT molecular complexity index is 292. The number of amidine groups is 1. The summed E-state index contributed by atoms with van der Waals surface area (Å²) in [4.78, 5) is 13.6. The van der Waals surface area contributed by atoms with E-state index < -0.39 is 6.10 Å². The molecule has 0 spiro atoms. The predicted octanol–water partition coefficient (Wildman–Crippen LogP) is 0.396. The van der Waals surface area contributed by atoms with E-state index in [0.29, 0.717) is 32.0 Å². The Kier molecular flexibility index (Phi) is 5.21. The van der Waals surface area contributed by atoms with Crippen LogP contribution in [0.15, 0.2) is 5.16 Å². The molecule has 0 saturated carbocycles. The minimum absolute atomic E-state index is 0.0198. The molecule has 1 rings (SSSR count). The quantitative estimate of drug-likeness (QED) is 0.324. The summed E-state index contributed by atoms with van der Waals surface area (Å²) in [5, 5.41) is 11.5. The molecule has 1 amide bonds. The van der Waals surface area contributed by atoms with Crippen molar-refractivity contribution in [1.29, 1.82) is 0 Å². The van der Waals surface area contributed by atoms with E-state index >= 15 is 0 Å². The predicted molar refractivity (Wildman–Crippen MR) is 63.8 cm³/mol. The van der Waals surface area contributed by atoms with Gasteiger partial charge in [0.05, 0.1) is 13.2 Å². The Balaban J connectivity index is 2.46. The van der Waals surface area contributed by atoms with Crippen LogP contribution >= 0.6 is 0 Å². The summed E-state index contributed by atoms with van der Waals surface area (Å²) in [6.07, 6.45) is 0.932. The van der Waals surface area contributed by atoms with E-state index in [4.69, 9.17) is 15.7 Å². The number of morpholine rings is 1. The number of amides is 1. The molecule has 0 bridgehead atoms. The van der Waals surface area contributed by atoms with Crippen molar-refractivity contribution in [1.82, 2.24) is 4.90 Å². The second-order valence-electron chi connectivity index (χ2n) is 4.66. The first-order chi connectivity index (χ1) is 8.04. The Morgan fingerprint density at radius 1 is 1.65 bits per heavy atom. The third-order valence-electron chi connectivity index (χ3n) is 2.80. The lowest BCUT2D eigenvalue weighted by Gasteiger charge is -2.32. The molecular weight excluding hydrogens is 222 g/mol. The summed E-state index contributed by atoms with van der Waals surface area (Å²) in [6.45, 7) is 5.55. The van der Waals surface area contributed by atoms with E-state index in [-0.39, 0.29) is 11.7 Å². The highest BCUT2D eigenvalue weighted by atomic mass is 16.5. The van der Waals surface area contributed by atoms with E-state index in [0.717, 1.165) is 6.42 Å². The fourth-order valence-electron chi connectivity index (χ4n) is 1.69. The normalized spacial score (nSPS) is 21.9. The SMILES string of the molecule is CC(C)CCC(=O)N1CCOC(C(N)=NO)C1. The Morgan fingerprint density at radius 3 is 2.94 bits per heavy atom. The van der Waals surface area contributed by atoms with Crippen LogP contribution in [-0.4, -0.2) is 47.7 Å². The molecule has 3 N–H and O–H groups in total. The van der Waals surface area contributed by atoms with Gasteiger partial charge in [-0.15, -0.1) is 0 Å². The van der Waals surface area contributed by atoms with Crippen LogP contribution in [-0.2, 0) is 9.53 Å². The minimum Gasteiger partial charge on any atom is -0.409 e. The van der Waals surface area contributed by atoms with Gasteiger partial charge in [-0.05, 0) is 12.3 Å². The molecule has 0 aromatic carbocycles. The first kappa shape index (κ1) is 13.8. The molecule has 0 radical (unpaired) electrons. The van der Waals surface area contributed by atoms with Crippen molar-refractivity contribution in [3.05, 3.63) is 0 Å². The van der Waals surface area contributed by atoms with Gasteiger partial charge in [0.25, 0.3) is 0 Å². The molecule has 1 saturated heterocycles. The Morgan fingerprint density at radius 2 is 2.35 bits per heavy atom. The summed E-state index contributed by atoms with van der Waals surface area (Å²) in [5.74, 6) is 0.643. The molecule has 1 unspecified atom stereocenters. The number of nitrogens with zero attached hydrogens (tertiary/aromatic N) is 2. The van der Waals surface area contributed by atoms with Crippen LogP contribution in [0.5, 0.6) is 0 Å². The van der Waals surface area contributed by atoms with Crippen LogP contribution < -0.4 is 5.73 Å². The molecule has 0 aromatic heterocycles. The van der Waals surface area contributed by atoms with E-state index in [1.165, 1.54) is 0 Å². The molecule has 98 valence electrons. The summed E-state index contributed by atoms with van der Waals surface area (Å²) in [6, 6.07) is 0. The van der Waals surface area contributed by atoms with E-state index in [1.54, 1.807) is 4.90 Å². The van der Waals surface area contributed by atoms with Crippen molar-refractivity contribution in [3.8, 4) is 0 Å². The van der Waals surface area contributed by atoms with Crippen molar-refractivity contribution in [3.63, 3.8) is 0 Å². The summed E-state index contributed by atoms with van der Waals surface area (Å²) < 4.78 is 5.33. The lowest BCUT2D eigenvalue weighted by molar-refractivity contribution is -0.137. The highest BCUT2D eigenvalue weighted by Crippen LogP contribution is 2.10. The minimum atomic E-state index is -0.489. The summed E-state index contributed by atoms with van der Waals surface area (Å²) in [5.41, 5.74) is 5.47. The third-order valence-corrected chi connectivity index (χ3v) is 2.80. The first-order valence-corrected chi connectivity index (χ1v) is 5.91. The third kappa shape index (κ3) is 4.22. The number of nitrogens with two attached hydrogens (primary N) is 1. The Hall–Kier alpha value is -1.30. The first-order valence-electron chi connectivity index (χ1n) is 5.91. The Labute approximate surface area is 101 Å². The molecule has 1 aliphatic rings. The van der Waals surface area contributed by atoms with Crippen molar-refractivity contribution < 1.29 is 14.7 Å². The maximum Gasteiger partial charge on any atom is 0.222 e. The van der Waals surface area contributed by atoms with Crippen LogP contribution in [0.3, 0.4) is 0 Å². The van der Waals surface area contributed by atoms with Crippen molar-refractivity contribution in [2.45, 2.75) is 32.8 Å². The zero-order valence-corrected chi connectivity index (χ0v) is 10.4. The standard InChI is InChI=1S/C11H21N3O3/c1-8(2)3-4-10(15)14-5-6-17-9(7-14)11(12)13-16/h8-9,16H,3-7H2,1-2H3,(H2,12,13). The number of oxime groups is 1. The number of hydrogen-bond acceptors (Lipinski definition) is 4. The molecule has 6 nitrogen and oxygen atoms in total. The van der Waals surface area contributed by atoms with Gasteiger partial charge in [0.2, 0.25) is 5.91 Å². The molecule has 0 aliphatic carbocycles. The summed E-state index contributed by atoms with van der Waals surface area (Å²) in [7, 11) is 0. The molecule has 0 aromatic rings. The molecule has 1 atom stereocenters. The van der Waals surface area contributed by atoms with Crippen molar-refractivity contribution in [2.24, 2.45) is 16.8 Å². The zero-order valence-electron chi connectivity index (χ0n) is 10.4. The number of ether oxygens (including phenoxy) is 1. The summed E-state index contributed by atoms with van der Waals surface area (Å²) >= 11 is 0. The molecule has 1 aliphatic heterocycles. The smallest absolute Gasteiger partial charge is 0.222 e. The number of rotatable bonds is 4. The van der Waals surface area contributed by atoms with Gasteiger partial charge >= 0.3 is 0 Å². The maximum atomic E-state index is 11.9. The van der Waals surface area contributed by atoms with Gasteiger partial charge in [0, 0.05) is 13.0 Å². The van der Waals surface area contributed by atoms with Crippen LogP contribution in [0.4, 0.5) is 0 Å². The van der Waals surface area contributed by atoms with Crippen LogP contribution in [0.2, 0.25) is 0 Å². The average Bonchev–Trinajstić information content (AvgIpc) is 2.35. The van der Waals surface area contributed by atoms with Gasteiger partial charge in [-0.25, -0.2) is 0 Å². The number of carbonyl (C=O) groups excluding carboxylic acids is 1. The second kappa shape index (κ2) is 6.44. The van der Waals surface area contributed by atoms with Crippen molar-refractivity contribution in [2.75, 3.05) is 19.7 Å². The zero-order chi connectivity index (χ0) is 12.8. The maximum absolute atomic E-state index is 11.9. The van der Waals surface area contributed by atoms with Crippen LogP contribution in [0.1, 0.15) is 26.7 Å². The van der Waals surface area contributed by atoms with Gasteiger partial charge in [-0.2, -0.15) is 0 Å². The molecule has 1 fully saturated rings. The van der Waals surface area contributed by atoms with Gasteiger partial charge < -0.3 is 20.6 Å². The van der Waals surface area contributed by atoms with Gasteiger partial charge in [-0.1, -0.05) is 19.0 Å². The number of carbonyl (C=O) groups is 1. The van der Waals surface area contributed by atoms with Crippen molar-refractivity contribution >= 4 is 11.7 Å². The van der Waals surface area contributed by atoms with E-state index in [2.05, 4.69) is 19.0 Å². The largest absolute Gasteiger partial charge is 0.409 e.